The van der Waals surface area contributed by atoms with Crippen LogP contribution < -0.4 is 0 Å². The molecule has 0 saturated heterocycles. The van der Waals surface area contributed by atoms with E-state index in [0.717, 1.165) is 0 Å². The predicted octanol–water partition coefficient (Wildman–Crippen LogP) is 3.95. The molecule has 0 heterocycles. The van der Waals surface area contributed by atoms with Crippen molar-refractivity contribution >= 4 is 5.57 Å². The lowest BCUT2D eigenvalue weighted by molar-refractivity contribution is 0.784. The molecule has 2 aliphatic rings. The van der Waals surface area contributed by atoms with Gasteiger partial charge in [0.05, 0.1) is 0 Å². The quantitative estimate of drug-likeness (QED) is 0.571. The molecule has 2 aliphatic carbocycles. The first-order valence-electron chi connectivity index (χ1n) is 5.53. The molecule has 0 fully saturated rings. The monoisotopic (exact) mass is 183 g/mol. The van der Waals surface area contributed by atoms with Gasteiger partial charge in [0.1, 0.15) is 0 Å². The van der Waals surface area contributed by atoms with Crippen LogP contribution in [0.3, 0.4) is 0 Å². The Morgan fingerprint density at radius 1 is 1.21 bits per heavy atom. The van der Waals surface area contributed by atoms with Crippen molar-refractivity contribution in [1.29, 1.82) is 0 Å². The Balaban J connectivity index is 2.18. The van der Waals surface area contributed by atoms with Crippen molar-refractivity contribution in [3.63, 3.8) is 0 Å². The summed E-state index contributed by atoms with van der Waals surface area (Å²) in [4.78, 5) is 0. The molecule has 0 nitrogen and oxygen atoms in total. The third-order valence-corrected chi connectivity index (χ3v) is 3.56. The minimum absolute atomic E-state index is 0.640. The number of benzene rings is 1. The fourth-order valence-electron chi connectivity index (χ4n) is 2.85. The average molecular weight is 183 g/mol. The molecule has 1 radical (unpaired) electrons. The van der Waals surface area contributed by atoms with Gasteiger partial charge < -0.3 is 0 Å². The summed E-state index contributed by atoms with van der Waals surface area (Å²) in [7, 11) is 0. The first-order valence-corrected chi connectivity index (χ1v) is 5.53. The van der Waals surface area contributed by atoms with E-state index in [9.17, 15) is 0 Å². The lowest BCUT2D eigenvalue weighted by Crippen LogP contribution is -1.98. The van der Waals surface area contributed by atoms with E-state index in [0.29, 0.717) is 5.92 Å². The molecule has 0 saturated carbocycles. The molecule has 3 rings (SSSR count). The first kappa shape index (κ1) is 8.28. The number of fused-ring (bicyclic) bond motifs is 2. The third kappa shape index (κ3) is 1.00. The van der Waals surface area contributed by atoms with Crippen molar-refractivity contribution in [1.82, 2.24) is 0 Å². The van der Waals surface area contributed by atoms with Crippen molar-refractivity contribution < 1.29 is 0 Å². The van der Waals surface area contributed by atoms with Crippen LogP contribution in [0, 0.1) is 6.42 Å². The smallest absolute Gasteiger partial charge is 0.00348 e. The van der Waals surface area contributed by atoms with E-state index in [-0.39, 0.29) is 0 Å². The molecule has 0 amide bonds. The van der Waals surface area contributed by atoms with Gasteiger partial charge in [0.2, 0.25) is 0 Å². The van der Waals surface area contributed by atoms with Crippen LogP contribution in [0.25, 0.3) is 5.57 Å². The molecule has 0 heteroatoms. The van der Waals surface area contributed by atoms with Gasteiger partial charge in [-0.25, -0.2) is 0 Å². The van der Waals surface area contributed by atoms with Crippen LogP contribution in [0.5, 0.6) is 0 Å². The maximum atomic E-state index is 2.45. The van der Waals surface area contributed by atoms with Gasteiger partial charge in [0.15, 0.2) is 0 Å². The van der Waals surface area contributed by atoms with Crippen molar-refractivity contribution in [2.75, 3.05) is 0 Å². The molecule has 0 aromatic heterocycles. The summed E-state index contributed by atoms with van der Waals surface area (Å²) in [6.07, 6.45) is 6.34. The molecule has 0 N–H and O–H groups in total. The van der Waals surface area contributed by atoms with Crippen LogP contribution in [-0.2, 0) is 0 Å². The van der Waals surface area contributed by atoms with Gasteiger partial charge in [0.25, 0.3) is 0 Å². The van der Waals surface area contributed by atoms with E-state index in [2.05, 4.69) is 37.6 Å². The average Bonchev–Trinajstić information content (AvgIpc) is 2.55. The molecule has 71 valence electrons. The summed E-state index contributed by atoms with van der Waals surface area (Å²) in [5.74, 6) is 0.640. The van der Waals surface area contributed by atoms with Gasteiger partial charge in [-0.05, 0) is 42.4 Å². The van der Waals surface area contributed by atoms with Gasteiger partial charge in [-0.2, -0.15) is 0 Å². The van der Waals surface area contributed by atoms with Crippen LogP contribution >= 0.6 is 0 Å². The van der Waals surface area contributed by atoms with E-state index >= 15 is 0 Å². The van der Waals surface area contributed by atoms with Gasteiger partial charge in [-0.1, -0.05) is 36.8 Å². The van der Waals surface area contributed by atoms with Gasteiger partial charge in [0, 0.05) is 5.92 Å². The Labute approximate surface area is 85.6 Å². The third-order valence-electron chi connectivity index (χ3n) is 3.56. The molecule has 14 heavy (non-hydrogen) atoms. The summed E-state index contributed by atoms with van der Waals surface area (Å²) in [5, 5.41) is 0. The fraction of sp³-hybridized carbons (Fsp3) is 0.357. The topological polar surface area (TPSA) is 0 Å². The second-order valence-corrected chi connectivity index (χ2v) is 4.34. The Hall–Kier alpha value is -1.04. The normalized spacial score (nSPS) is 24.8. The number of rotatable bonds is 0. The standard InChI is InChI=1S/C14H15/c1-10-11-6-2-4-8-13(11)14-9-5-3-7-12(10)14/h2,4,6-8,10H,3,5,9H2,1H3. The maximum absolute atomic E-state index is 2.45. The minimum Gasteiger partial charge on any atom is -0.0619 e. The number of allylic oxidation sites excluding steroid dienone is 2. The van der Waals surface area contributed by atoms with Gasteiger partial charge >= 0.3 is 0 Å². The van der Waals surface area contributed by atoms with E-state index < -0.39 is 0 Å². The summed E-state index contributed by atoms with van der Waals surface area (Å²) in [6.45, 7) is 2.34. The highest BCUT2D eigenvalue weighted by molar-refractivity contribution is 5.80. The highest BCUT2D eigenvalue weighted by Gasteiger charge is 2.28. The fourth-order valence-corrected chi connectivity index (χ4v) is 2.85. The highest BCUT2D eigenvalue weighted by Crippen LogP contribution is 2.47. The van der Waals surface area contributed by atoms with Crippen molar-refractivity contribution in [2.45, 2.75) is 32.1 Å². The van der Waals surface area contributed by atoms with Crippen molar-refractivity contribution in [3.05, 3.63) is 47.4 Å². The number of hydrogen-bond acceptors (Lipinski definition) is 0. The molecule has 0 spiro atoms. The Bertz CT molecular complexity index is 398. The minimum atomic E-state index is 0.640. The van der Waals surface area contributed by atoms with Crippen LogP contribution in [0.4, 0.5) is 0 Å². The molecule has 1 unspecified atom stereocenters. The zero-order valence-electron chi connectivity index (χ0n) is 8.59. The van der Waals surface area contributed by atoms with Crippen LogP contribution in [0.1, 0.15) is 43.2 Å². The molecular weight excluding hydrogens is 168 g/mol. The maximum Gasteiger partial charge on any atom is 0.00348 e. The van der Waals surface area contributed by atoms with E-state index in [1.165, 1.54) is 30.4 Å². The Morgan fingerprint density at radius 3 is 3.00 bits per heavy atom. The Morgan fingerprint density at radius 2 is 2.07 bits per heavy atom. The van der Waals surface area contributed by atoms with Crippen molar-refractivity contribution in [2.24, 2.45) is 0 Å². The van der Waals surface area contributed by atoms with Crippen LogP contribution in [0.2, 0.25) is 0 Å². The largest absolute Gasteiger partial charge is 0.0619 e. The molecule has 1 aromatic carbocycles. The Kier molecular flexibility index (Phi) is 1.76. The van der Waals surface area contributed by atoms with Crippen LogP contribution in [-0.4, -0.2) is 0 Å². The first-order chi connectivity index (χ1) is 6.88. The zero-order valence-corrected chi connectivity index (χ0v) is 8.59. The SMILES string of the molecule is CC1C2=C(CCC[CH]2)c2ccccc21. The summed E-state index contributed by atoms with van der Waals surface area (Å²) < 4.78 is 0. The summed E-state index contributed by atoms with van der Waals surface area (Å²) in [5.41, 5.74) is 6.29. The summed E-state index contributed by atoms with van der Waals surface area (Å²) >= 11 is 0. The molecule has 1 aromatic rings. The molecule has 0 aliphatic heterocycles. The molecule has 1 atom stereocenters. The summed E-state index contributed by atoms with van der Waals surface area (Å²) in [6, 6.07) is 8.89. The van der Waals surface area contributed by atoms with E-state index in [1.807, 2.05) is 0 Å². The van der Waals surface area contributed by atoms with Crippen LogP contribution in [0.15, 0.2) is 29.8 Å². The van der Waals surface area contributed by atoms with E-state index in [1.54, 1.807) is 11.1 Å². The second-order valence-electron chi connectivity index (χ2n) is 4.34. The zero-order chi connectivity index (χ0) is 9.54. The van der Waals surface area contributed by atoms with Crippen molar-refractivity contribution in [3.8, 4) is 0 Å². The number of hydrogen-bond donors (Lipinski definition) is 0. The molecular formula is C14H15. The lowest BCUT2D eigenvalue weighted by atomic mass is 9.89. The molecule has 0 bridgehead atoms. The second kappa shape index (κ2) is 2.98. The van der Waals surface area contributed by atoms with Gasteiger partial charge in [-0.15, -0.1) is 0 Å². The predicted molar refractivity (Wildman–Crippen MR) is 59.9 cm³/mol. The van der Waals surface area contributed by atoms with Gasteiger partial charge in [-0.3, -0.25) is 0 Å². The highest BCUT2D eigenvalue weighted by atomic mass is 14.3. The lowest BCUT2D eigenvalue weighted by Gasteiger charge is -2.16. The van der Waals surface area contributed by atoms with E-state index in [4.69, 9.17) is 0 Å².